The van der Waals surface area contributed by atoms with Crippen LogP contribution in [-0.4, -0.2) is 23.1 Å². The van der Waals surface area contributed by atoms with Crippen molar-refractivity contribution in [3.8, 4) is 11.3 Å². The first-order valence-corrected chi connectivity index (χ1v) is 8.32. The Kier molecular flexibility index (Phi) is 4.27. The lowest BCUT2D eigenvalue weighted by Crippen LogP contribution is -2.31. The SMILES string of the molecule is [CH]1[CH][CH][C](c2cc(-c3ccccc3)nc(N3CCCCC3)n2)[CH]1. The van der Waals surface area contributed by atoms with Gasteiger partial charge in [-0.15, -0.1) is 0 Å². The highest BCUT2D eigenvalue weighted by Gasteiger charge is 2.23. The van der Waals surface area contributed by atoms with Gasteiger partial charge in [0.15, 0.2) is 0 Å². The largest absolute Gasteiger partial charge is 0.341 e. The van der Waals surface area contributed by atoms with Crippen LogP contribution in [-0.2, 0) is 0 Å². The highest BCUT2D eigenvalue weighted by molar-refractivity contribution is 5.63. The number of piperidine rings is 1. The van der Waals surface area contributed by atoms with Gasteiger partial charge < -0.3 is 4.90 Å². The van der Waals surface area contributed by atoms with Crippen LogP contribution in [0.1, 0.15) is 25.0 Å². The lowest BCUT2D eigenvalue weighted by molar-refractivity contribution is 0.568. The van der Waals surface area contributed by atoms with Crippen molar-refractivity contribution in [1.82, 2.24) is 9.97 Å². The maximum atomic E-state index is 4.85. The van der Waals surface area contributed by atoms with E-state index >= 15 is 0 Å². The van der Waals surface area contributed by atoms with Gasteiger partial charge in [0.05, 0.1) is 11.4 Å². The van der Waals surface area contributed by atoms with Crippen LogP contribution in [0.25, 0.3) is 11.3 Å². The fourth-order valence-corrected chi connectivity index (χ4v) is 3.12. The maximum Gasteiger partial charge on any atom is 0.226 e. The van der Waals surface area contributed by atoms with Gasteiger partial charge in [0.2, 0.25) is 5.95 Å². The number of aromatic nitrogens is 2. The smallest absolute Gasteiger partial charge is 0.226 e. The molecule has 0 unspecified atom stereocenters. The molecule has 5 radical (unpaired) electrons. The molecule has 3 heteroatoms. The van der Waals surface area contributed by atoms with E-state index in [4.69, 9.17) is 9.97 Å². The van der Waals surface area contributed by atoms with Crippen LogP contribution in [0, 0.1) is 31.6 Å². The maximum absolute atomic E-state index is 4.85. The van der Waals surface area contributed by atoms with Crippen LogP contribution in [0.4, 0.5) is 5.95 Å². The van der Waals surface area contributed by atoms with Gasteiger partial charge >= 0.3 is 0 Å². The predicted octanol–water partition coefficient (Wildman–Crippen LogP) is 3.89. The highest BCUT2D eigenvalue weighted by Crippen LogP contribution is 2.32. The topological polar surface area (TPSA) is 29.0 Å². The van der Waals surface area contributed by atoms with Crippen molar-refractivity contribution < 1.29 is 0 Å². The predicted molar refractivity (Wildman–Crippen MR) is 93.1 cm³/mol. The summed E-state index contributed by atoms with van der Waals surface area (Å²) < 4.78 is 0. The van der Waals surface area contributed by atoms with Crippen molar-refractivity contribution >= 4 is 5.95 Å². The standard InChI is InChI=1S/C20H20N3/c1-3-9-16(10-4-1)18-15-19(17-11-5-6-12-17)22-20(21-18)23-13-7-2-8-14-23/h1,3-6,9-12,15H,2,7-8,13-14H2. The molecule has 2 aromatic rings. The molecule has 3 nitrogen and oxygen atoms in total. The molecular formula is C20H20N3. The first kappa shape index (κ1) is 14.7. The minimum atomic E-state index is 0.863. The number of rotatable bonds is 3. The number of benzene rings is 1. The average molecular weight is 302 g/mol. The summed E-state index contributed by atoms with van der Waals surface area (Å²) in [5, 5.41) is 0. The summed E-state index contributed by atoms with van der Waals surface area (Å²) in [6, 6.07) is 12.5. The van der Waals surface area contributed by atoms with Crippen LogP contribution in [0.5, 0.6) is 0 Å². The lowest BCUT2D eigenvalue weighted by atomic mass is 10.0. The van der Waals surface area contributed by atoms with Crippen molar-refractivity contribution in [2.75, 3.05) is 18.0 Å². The molecule has 0 atom stereocenters. The molecule has 2 fully saturated rings. The molecule has 0 amide bonds. The summed E-state index contributed by atoms with van der Waals surface area (Å²) in [6.45, 7) is 2.11. The van der Waals surface area contributed by atoms with E-state index in [0.717, 1.165) is 41.9 Å². The molecule has 4 rings (SSSR count). The van der Waals surface area contributed by atoms with E-state index in [1.165, 1.54) is 19.3 Å². The molecule has 1 aliphatic heterocycles. The van der Waals surface area contributed by atoms with Gasteiger partial charge in [0, 0.05) is 24.6 Å². The van der Waals surface area contributed by atoms with Crippen molar-refractivity contribution in [3.63, 3.8) is 0 Å². The summed E-state index contributed by atoms with van der Waals surface area (Å²) in [6.07, 6.45) is 12.1. The van der Waals surface area contributed by atoms with Crippen LogP contribution in [0.3, 0.4) is 0 Å². The van der Waals surface area contributed by atoms with Gasteiger partial charge in [-0.2, -0.15) is 0 Å². The van der Waals surface area contributed by atoms with E-state index in [-0.39, 0.29) is 0 Å². The third-order valence-electron chi connectivity index (χ3n) is 4.38. The van der Waals surface area contributed by atoms with Gasteiger partial charge in [-0.3, -0.25) is 0 Å². The van der Waals surface area contributed by atoms with Crippen LogP contribution < -0.4 is 4.90 Å². The van der Waals surface area contributed by atoms with Gasteiger partial charge in [0.25, 0.3) is 0 Å². The van der Waals surface area contributed by atoms with E-state index in [0.29, 0.717) is 0 Å². The van der Waals surface area contributed by atoms with Gasteiger partial charge in [-0.05, 0) is 51.0 Å². The van der Waals surface area contributed by atoms with E-state index in [9.17, 15) is 0 Å². The second-order valence-corrected chi connectivity index (χ2v) is 6.03. The minimum Gasteiger partial charge on any atom is -0.341 e. The van der Waals surface area contributed by atoms with Crippen molar-refractivity contribution in [2.24, 2.45) is 0 Å². The molecule has 115 valence electrons. The number of hydrogen-bond donors (Lipinski definition) is 0. The first-order chi connectivity index (χ1) is 11.4. The number of hydrogen-bond acceptors (Lipinski definition) is 3. The van der Waals surface area contributed by atoms with E-state index < -0.39 is 0 Å². The Morgan fingerprint density at radius 1 is 0.783 bits per heavy atom. The van der Waals surface area contributed by atoms with Gasteiger partial charge in [-0.1, -0.05) is 30.3 Å². The van der Waals surface area contributed by atoms with Gasteiger partial charge in [-0.25, -0.2) is 9.97 Å². The number of anilines is 1. The van der Waals surface area contributed by atoms with Crippen LogP contribution in [0.2, 0.25) is 0 Å². The molecule has 1 saturated heterocycles. The Labute approximate surface area is 138 Å². The quantitative estimate of drug-likeness (QED) is 0.861. The average Bonchev–Trinajstić information content (AvgIpc) is 3.18. The highest BCUT2D eigenvalue weighted by atomic mass is 15.3. The molecule has 1 aliphatic carbocycles. The summed E-state index contributed by atoms with van der Waals surface area (Å²) in [5.74, 6) is 2.02. The Bertz CT molecular complexity index is 641. The zero-order valence-electron chi connectivity index (χ0n) is 13.2. The van der Waals surface area contributed by atoms with Crippen molar-refractivity contribution in [3.05, 3.63) is 73.7 Å². The molecule has 0 N–H and O–H groups in total. The molecule has 1 aromatic heterocycles. The summed E-state index contributed by atoms with van der Waals surface area (Å²) in [4.78, 5) is 12.0. The Morgan fingerprint density at radius 3 is 2.22 bits per heavy atom. The molecular weight excluding hydrogens is 282 g/mol. The van der Waals surface area contributed by atoms with E-state index in [1.54, 1.807) is 0 Å². The third-order valence-corrected chi connectivity index (χ3v) is 4.38. The van der Waals surface area contributed by atoms with Crippen molar-refractivity contribution in [1.29, 1.82) is 0 Å². The molecule has 2 aliphatic rings. The molecule has 23 heavy (non-hydrogen) atoms. The fraction of sp³-hybridized carbons (Fsp3) is 0.250. The third kappa shape index (κ3) is 3.24. The molecule has 2 heterocycles. The second-order valence-electron chi connectivity index (χ2n) is 6.03. The zero-order valence-corrected chi connectivity index (χ0v) is 13.2. The Morgan fingerprint density at radius 2 is 1.48 bits per heavy atom. The molecule has 0 bridgehead atoms. The summed E-state index contributed by atoms with van der Waals surface area (Å²) >= 11 is 0. The number of nitrogens with zero attached hydrogens (tertiary/aromatic N) is 3. The van der Waals surface area contributed by atoms with Crippen LogP contribution in [0.15, 0.2) is 36.4 Å². The lowest BCUT2D eigenvalue weighted by Gasteiger charge is -2.27. The van der Waals surface area contributed by atoms with Crippen LogP contribution >= 0.6 is 0 Å². The monoisotopic (exact) mass is 302 g/mol. The zero-order chi connectivity index (χ0) is 15.5. The molecule has 1 aromatic carbocycles. The van der Waals surface area contributed by atoms with Gasteiger partial charge in [0.1, 0.15) is 0 Å². The van der Waals surface area contributed by atoms with Crippen molar-refractivity contribution in [2.45, 2.75) is 19.3 Å². The Hall–Kier alpha value is -1.90. The molecule has 0 spiro atoms. The first-order valence-electron chi connectivity index (χ1n) is 8.32. The fourth-order valence-electron chi connectivity index (χ4n) is 3.12. The van der Waals surface area contributed by atoms with E-state index in [1.807, 2.05) is 6.07 Å². The summed E-state index contributed by atoms with van der Waals surface area (Å²) in [5.41, 5.74) is 3.14. The summed E-state index contributed by atoms with van der Waals surface area (Å²) in [7, 11) is 0. The second kappa shape index (κ2) is 6.69. The minimum absolute atomic E-state index is 0.863. The molecule has 1 saturated carbocycles. The Balaban J connectivity index is 1.73. The van der Waals surface area contributed by atoms with E-state index in [2.05, 4.69) is 60.9 Å². The normalized spacial score (nSPS) is 19.2.